The number of aliphatic hydroxyl groups excluding tert-OH is 2. The molecule has 6 heteroatoms. The van der Waals surface area contributed by atoms with Crippen molar-refractivity contribution in [2.24, 2.45) is 28.6 Å². The Labute approximate surface area is 166 Å². The van der Waals surface area contributed by atoms with Crippen molar-refractivity contribution < 1.29 is 29.0 Å². The monoisotopic (exact) mass is 392 g/mol. The summed E-state index contributed by atoms with van der Waals surface area (Å²) in [4.78, 5) is 24.4. The second kappa shape index (κ2) is 7.64. The highest BCUT2D eigenvalue weighted by molar-refractivity contribution is 5.67. The molecule has 0 bridgehead atoms. The van der Waals surface area contributed by atoms with Gasteiger partial charge in [-0.3, -0.25) is 4.79 Å². The predicted molar refractivity (Wildman–Crippen MR) is 102 cm³/mol. The van der Waals surface area contributed by atoms with Gasteiger partial charge in [0.25, 0.3) is 0 Å². The van der Waals surface area contributed by atoms with Crippen molar-refractivity contribution in [2.75, 3.05) is 0 Å². The number of hydrogen-bond acceptors (Lipinski definition) is 6. The summed E-state index contributed by atoms with van der Waals surface area (Å²) >= 11 is 0. The van der Waals surface area contributed by atoms with Crippen LogP contribution in [0.15, 0.2) is 23.0 Å². The maximum absolute atomic E-state index is 12.7. The molecule has 0 aromatic carbocycles. The highest BCUT2D eigenvalue weighted by Gasteiger charge is 2.62. The van der Waals surface area contributed by atoms with Gasteiger partial charge in [0.05, 0.1) is 24.7 Å². The van der Waals surface area contributed by atoms with Gasteiger partial charge in [0.2, 0.25) is 0 Å². The molecule has 156 valence electrons. The molecule has 2 fully saturated rings. The summed E-state index contributed by atoms with van der Waals surface area (Å²) in [6, 6.07) is 1.70. The number of carbonyl (C=O) groups excluding carboxylic acids is 2. The molecule has 1 aromatic rings. The molecule has 2 N–H and O–H groups in total. The van der Waals surface area contributed by atoms with Crippen LogP contribution >= 0.6 is 0 Å². The molecule has 2 aliphatic carbocycles. The summed E-state index contributed by atoms with van der Waals surface area (Å²) in [5.74, 6) is -0.671. The first-order valence-corrected chi connectivity index (χ1v) is 10.2. The van der Waals surface area contributed by atoms with Crippen LogP contribution in [0.25, 0.3) is 0 Å². The van der Waals surface area contributed by atoms with Crippen molar-refractivity contribution in [3.8, 4) is 0 Å². The number of esters is 1. The van der Waals surface area contributed by atoms with E-state index < -0.39 is 23.7 Å². The van der Waals surface area contributed by atoms with Crippen LogP contribution in [-0.2, 0) is 14.3 Å². The maximum atomic E-state index is 12.7. The highest BCUT2D eigenvalue weighted by atomic mass is 16.5. The number of aliphatic hydroxyl groups is 2. The molecule has 0 aliphatic heterocycles. The van der Waals surface area contributed by atoms with Crippen LogP contribution in [0.4, 0.5) is 0 Å². The minimum absolute atomic E-state index is 0.0146. The van der Waals surface area contributed by atoms with E-state index in [0.29, 0.717) is 24.8 Å². The van der Waals surface area contributed by atoms with Gasteiger partial charge < -0.3 is 24.2 Å². The zero-order valence-corrected chi connectivity index (χ0v) is 17.1. The summed E-state index contributed by atoms with van der Waals surface area (Å²) in [6.45, 7) is 7.43. The molecule has 2 saturated carbocycles. The fraction of sp³-hybridized carbons (Fsp3) is 0.727. The van der Waals surface area contributed by atoms with Crippen molar-refractivity contribution in [2.45, 2.75) is 71.7 Å². The average molecular weight is 392 g/mol. The standard InChI is InChI=1S/C22H32O6/c1-13-17(25)5-6-20-21(13,4)10-19(28-15(3)24)14(2)22(20,12-23)9-18(26)16-7-8-27-11-16/h7-8,11-14,17-20,25-26H,5-6,9-10H2,1-4H3/t13-,14-,17-,18-,19-,20+,21+,22-/m1/s1. The van der Waals surface area contributed by atoms with Crippen LogP contribution in [-0.4, -0.2) is 34.7 Å². The number of carbonyl (C=O) groups is 2. The second-order valence-electron chi connectivity index (χ2n) is 9.14. The van der Waals surface area contributed by atoms with E-state index in [1.165, 1.54) is 19.5 Å². The fourth-order valence-electron chi connectivity index (χ4n) is 6.00. The topological polar surface area (TPSA) is 97.0 Å². The number of furan rings is 1. The molecule has 8 atom stereocenters. The Hall–Kier alpha value is -1.66. The lowest BCUT2D eigenvalue weighted by atomic mass is 9.43. The van der Waals surface area contributed by atoms with Crippen LogP contribution < -0.4 is 0 Å². The quantitative estimate of drug-likeness (QED) is 0.590. The molecule has 3 rings (SSSR count). The average Bonchev–Trinajstić information content (AvgIpc) is 3.17. The van der Waals surface area contributed by atoms with Gasteiger partial charge in [-0.05, 0) is 49.0 Å². The van der Waals surface area contributed by atoms with Crippen LogP contribution in [0.3, 0.4) is 0 Å². The third kappa shape index (κ3) is 3.30. The van der Waals surface area contributed by atoms with Gasteiger partial charge in [0, 0.05) is 23.8 Å². The van der Waals surface area contributed by atoms with Gasteiger partial charge in [-0.2, -0.15) is 0 Å². The normalized spacial score (nSPS) is 41.7. The van der Waals surface area contributed by atoms with E-state index in [0.717, 1.165) is 6.29 Å². The van der Waals surface area contributed by atoms with Crippen molar-refractivity contribution >= 4 is 12.3 Å². The molecule has 0 spiro atoms. The molecular formula is C22H32O6. The van der Waals surface area contributed by atoms with Crippen LogP contribution in [0.2, 0.25) is 0 Å². The lowest BCUT2D eigenvalue weighted by Gasteiger charge is -2.62. The van der Waals surface area contributed by atoms with E-state index in [-0.39, 0.29) is 35.6 Å². The van der Waals surface area contributed by atoms with E-state index in [9.17, 15) is 19.8 Å². The maximum Gasteiger partial charge on any atom is 0.302 e. The third-order valence-electron chi connectivity index (χ3n) is 7.87. The summed E-state index contributed by atoms with van der Waals surface area (Å²) in [5, 5.41) is 21.4. The van der Waals surface area contributed by atoms with Crippen molar-refractivity contribution in [3.63, 3.8) is 0 Å². The molecule has 28 heavy (non-hydrogen) atoms. The molecule has 6 nitrogen and oxygen atoms in total. The first kappa shape index (κ1) is 21.1. The summed E-state index contributed by atoms with van der Waals surface area (Å²) in [7, 11) is 0. The van der Waals surface area contributed by atoms with Crippen LogP contribution in [0.1, 0.15) is 65.0 Å². The van der Waals surface area contributed by atoms with E-state index in [4.69, 9.17) is 9.15 Å². The number of hydrogen-bond donors (Lipinski definition) is 2. The lowest BCUT2D eigenvalue weighted by Crippen LogP contribution is -2.62. The van der Waals surface area contributed by atoms with Gasteiger partial charge in [0.15, 0.2) is 0 Å². The first-order valence-electron chi connectivity index (χ1n) is 10.2. The summed E-state index contributed by atoms with van der Waals surface area (Å²) < 4.78 is 10.7. The molecule has 0 radical (unpaired) electrons. The van der Waals surface area contributed by atoms with E-state index in [2.05, 4.69) is 6.92 Å². The first-order chi connectivity index (χ1) is 13.2. The number of rotatable bonds is 5. The predicted octanol–water partition coefficient (Wildman–Crippen LogP) is 3.27. The van der Waals surface area contributed by atoms with E-state index >= 15 is 0 Å². The Morgan fingerprint density at radius 3 is 2.68 bits per heavy atom. The minimum Gasteiger partial charge on any atom is -0.472 e. The Morgan fingerprint density at radius 1 is 1.39 bits per heavy atom. The van der Waals surface area contributed by atoms with Gasteiger partial charge in [-0.1, -0.05) is 20.8 Å². The number of fused-ring (bicyclic) bond motifs is 1. The lowest BCUT2D eigenvalue weighted by molar-refractivity contribution is -0.203. The van der Waals surface area contributed by atoms with E-state index in [1.807, 2.05) is 13.8 Å². The van der Waals surface area contributed by atoms with Gasteiger partial charge >= 0.3 is 5.97 Å². The van der Waals surface area contributed by atoms with Gasteiger partial charge in [-0.15, -0.1) is 0 Å². The Bertz CT molecular complexity index is 700. The van der Waals surface area contributed by atoms with Crippen LogP contribution in [0, 0.1) is 28.6 Å². The summed E-state index contributed by atoms with van der Waals surface area (Å²) in [6.07, 6.45) is 4.40. The molecule has 0 unspecified atom stereocenters. The van der Waals surface area contributed by atoms with Crippen molar-refractivity contribution in [1.29, 1.82) is 0 Å². The van der Waals surface area contributed by atoms with E-state index in [1.54, 1.807) is 6.07 Å². The highest BCUT2D eigenvalue weighted by Crippen LogP contribution is 2.63. The van der Waals surface area contributed by atoms with Gasteiger partial charge in [0.1, 0.15) is 12.4 Å². The summed E-state index contributed by atoms with van der Waals surface area (Å²) in [5.41, 5.74) is -0.604. The molecule has 0 amide bonds. The second-order valence-corrected chi connectivity index (χ2v) is 9.14. The van der Waals surface area contributed by atoms with Crippen molar-refractivity contribution in [1.82, 2.24) is 0 Å². The zero-order chi connectivity index (χ0) is 20.7. The molecule has 1 aromatic heterocycles. The Kier molecular flexibility index (Phi) is 5.74. The molecular weight excluding hydrogens is 360 g/mol. The Balaban J connectivity index is 2.05. The smallest absolute Gasteiger partial charge is 0.302 e. The van der Waals surface area contributed by atoms with Gasteiger partial charge in [-0.25, -0.2) is 0 Å². The Morgan fingerprint density at radius 2 is 2.11 bits per heavy atom. The van der Waals surface area contributed by atoms with Crippen LogP contribution in [0.5, 0.6) is 0 Å². The molecule has 1 heterocycles. The SMILES string of the molecule is CC(=O)O[C@@H]1C[C@@]2(C)[C@H](C)[C@H](O)CC[C@@H]2[C@@](C=O)(C[C@@H](O)c2ccoc2)[C@@H]1C. The number of aldehydes is 1. The molecule has 0 saturated heterocycles. The minimum atomic E-state index is -0.863. The third-order valence-corrected chi connectivity index (χ3v) is 7.87. The number of ether oxygens (including phenoxy) is 1. The van der Waals surface area contributed by atoms with Crippen molar-refractivity contribution in [3.05, 3.63) is 24.2 Å². The molecule has 2 aliphatic rings. The largest absolute Gasteiger partial charge is 0.472 e. The fourth-order valence-corrected chi connectivity index (χ4v) is 6.00. The zero-order valence-electron chi connectivity index (χ0n) is 17.1.